The number of rotatable bonds is 14. The molecule has 2 aromatic rings. The molecule has 0 aliphatic rings. The van der Waals surface area contributed by atoms with Crippen molar-refractivity contribution in [3.8, 4) is 0 Å². The van der Waals surface area contributed by atoms with E-state index in [0.29, 0.717) is 11.4 Å². The van der Waals surface area contributed by atoms with Gasteiger partial charge in [0.05, 0.1) is 43.1 Å². The third-order valence-electron chi connectivity index (χ3n) is 4.73. The summed E-state index contributed by atoms with van der Waals surface area (Å²) in [4.78, 5) is 73.6. The molecule has 0 fully saturated rings. The molecule has 2 heterocycles. The Hall–Kier alpha value is -4.31. The fraction of sp³-hybridized carbons (Fsp3) is 0.421. The van der Waals surface area contributed by atoms with Crippen LogP contribution in [0.2, 0.25) is 0 Å². The monoisotopic (exact) mass is 494 g/mol. The Morgan fingerprint density at radius 3 is 1.66 bits per heavy atom. The number of aliphatic hydroxyl groups is 1. The van der Waals surface area contributed by atoms with Crippen LogP contribution in [0, 0.1) is 0 Å². The first-order valence-corrected chi connectivity index (χ1v) is 10.3. The molecule has 0 aliphatic heterocycles. The maximum absolute atomic E-state index is 13.1. The van der Waals surface area contributed by atoms with Crippen molar-refractivity contribution in [1.82, 2.24) is 35.9 Å². The summed E-state index contributed by atoms with van der Waals surface area (Å²) in [5.74, 6) is -5.48. The van der Waals surface area contributed by atoms with Crippen LogP contribution in [0.3, 0.4) is 0 Å². The number of aromatic nitrogens is 4. The Kier molecular flexibility index (Phi) is 9.85. The standard InChI is InChI=1S/C19H26N8O8/c20-11(3-15(29)30)16(31)25-12(1-9-4-21-7-23-9)17(32)26-13(2-10-5-22-8-24-10)18(33)27-14(6-28)19(34)35/h4-5,7-8,11-14,28H,1-3,6,20H2,(H,21,23)(H,22,24)(H,25,31)(H,26,32)(H,27,33)(H,29,30)(H,34,35)/t11-,12-,13-,14-/m0/s1. The second kappa shape index (κ2) is 12.8. The Balaban J connectivity index is 2.22. The highest BCUT2D eigenvalue weighted by Crippen LogP contribution is 2.04. The lowest BCUT2D eigenvalue weighted by Crippen LogP contribution is -2.58. The fourth-order valence-corrected chi connectivity index (χ4v) is 2.93. The van der Waals surface area contributed by atoms with E-state index in [2.05, 4.69) is 35.9 Å². The van der Waals surface area contributed by atoms with Crippen molar-refractivity contribution in [2.24, 2.45) is 5.73 Å². The third-order valence-corrected chi connectivity index (χ3v) is 4.73. The number of H-pyrrole nitrogens is 2. The number of carboxylic acid groups (broad SMARTS) is 2. The largest absolute Gasteiger partial charge is 0.481 e. The van der Waals surface area contributed by atoms with Crippen LogP contribution in [0.1, 0.15) is 17.8 Å². The molecule has 2 rings (SSSR count). The fourth-order valence-electron chi connectivity index (χ4n) is 2.93. The van der Waals surface area contributed by atoms with Gasteiger partial charge in [-0.15, -0.1) is 0 Å². The normalized spacial score (nSPS) is 14.2. The highest BCUT2D eigenvalue weighted by Gasteiger charge is 2.31. The second-order valence-electron chi connectivity index (χ2n) is 7.44. The second-order valence-corrected chi connectivity index (χ2v) is 7.44. The van der Waals surface area contributed by atoms with Crippen molar-refractivity contribution < 1.29 is 39.3 Å². The lowest BCUT2D eigenvalue weighted by atomic mass is 10.1. The zero-order valence-corrected chi connectivity index (χ0v) is 18.3. The lowest BCUT2D eigenvalue weighted by molar-refractivity contribution is -0.143. The minimum atomic E-state index is -1.62. The van der Waals surface area contributed by atoms with Gasteiger partial charge >= 0.3 is 11.9 Å². The number of nitrogens with two attached hydrogens (primary N) is 1. The highest BCUT2D eigenvalue weighted by molar-refractivity contribution is 5.95. The third kappa shape index (κ3) is 8.52. The van der Waals surface area contributed by atoms with Gasteiger partial charge < -0.3 is 47.0 Å². The van der Waals surface area contributed by atoms with E-state index in [1.54, 1.807) is 0 Å². The number of aliphatic carboxylic acids is 2. The quantitative estimate of drug-likeness (QED) is 0.123. The van der Waals surface area contributed by atoms with Gasteiger partial charge in [-0.05, 0) is 0 Å². The summed E-state index contributed by atoms with van der Waals surface area (Å²) in [6.45, 7) is -0.885. The number of amides is 3. The summed E-state index contributed by atoms with van der Waals surface area (Å²) < 4.78 is 0. The summed E-state index contributed by atoms with van der Waals surface area (Å²) >= 11 is 0. The van der Waals surface area contributed by atoms with Crippen LogP contribution in [0.4, 0.5) is 0 Å². The Morgan fingerprint density at radius 2 is 1.29 bits per heavy atom. The number of imidazole rings is 2. The Bertz CT molecular complexity index is 1010. The van der Waals surface area contributed by atoms with Crippen molar-refractivity contribution in [3.63, 3.8) is 0 Å². The first-order valence-electron chi connectivity index (χ1n) is 10.3. The molecule has 0 aliphatic carbocycles. The van der Waals surface area contributed by atoms with Crippen LogP contribution in [0.25, 0.3) is 0 Å². The number of carboxylic acids is 2. The number of aliphatic hydroxyl groups excluding tert-OH is 1. The number of carbonyl (C=O) groups excluding carboxylic acids is 3. The summed E-state index contributed by atoms with van der Waals surface area (Å²) in [5.41, 5.74) is 6.31. The molecule has 0 saturated carbocycles. The van der Waals surface area contributed by atoms with Gasteiger partial charge in [0.15, 0.2) is 0 Å². The molecular weight excluding hydrogens is 468 g/mol. The van der Waals surface area contributed by atoms with Crippen molar-refractivity contribution in [2.45, 2.75) is 43.4 Å². The van der Waals surface area contributed by atoms with Crippen molar-refractivity contribution in [3.05, 3.63) is 36.4 Å². The molecule has 4 atom stereocenters. The van der Waals surface area contributed by atoms with Crippen LogP contribution >= 0.6 is 0 Å². The number of nitrogens with zero attached hydrogens (tertiary/aromatic N) is 2. The highest BCUT2D eigenvalue weighted by atomic mass is 16.4. The molecule has 16 nitrogen and oxygen atoms in total. The molecule has 10 N–H and O–H groups in total. The van der Waals surface area contributed by atoms with Crippen molar-refractivity contribution in [1.29, 1.82) is 0 Å². The maximum atomic E-state index is 13.1. The predicted molar refractivity (Wildman–Crippen MR) is 115 cm³/mol. The first-order chi connectivity index (χ1) is 16.6. The van der Waals surface area contributed by atoms with Gasteiger partial charge in [0.25, 0.3) is 0 Å². The number of hydrogen-bond donors (Lipinski definition) is 9. The number of aromatic amines is 2. The first kappa shape index (κ1) is 26.9. The molecule has 3 amide bonds. The molecular formula is C19H26N8O8. The molecule has 2 aromatic heterocycles. The average molecular weight is 494 g/mol. The summed E-state index contributed by atoms with van der Waals surface area (Å²) in [7, 11) is 0. The van der Waals surface area contributed by atoms with E-state index in [0.717, 1.165) is 0 Å². The summed E-state index contributed by atoms with van der Waals surface area (Å²) in [6, 6.07) is -5.71. The van der Waals surface area contributed by atoms with Gasteiger partial charge in [-0.3, -0.25) is 19.2 Å². The molecule has 0 radical (unpaired) electrons. The van der Waals surface area contributed by atoms with Gasteiger partial charge in [0.1, 0.15) is 18.1 Å². The van der Waals surface area contributed by atoms with E-state index in [1.165, 1.54) is 25.0 Å². The molecule has 190 valence electrons. The summed E-state index contributed by atoms with van der Waals surface area (Å²) in [6.07, 6.45) is 4.65. The van der Waals surface area contributed by atoms with E-state index < -0.39 is 66.9 Å². The van der Waals surface area contributed by atoms with Crippen LogP contribution in [-0.2, 0) is 36.8 Å². The average Bonchev–Trinajstić information content (AvgIpc) is 3.49. The van der Waals surface area contributed by atoms with E-state index in [1.807, 2.05) is 0 Å². The molecule has 0 spiro atoms. The van der Waals surface area contributed by atoms with E-state index in [4.69, 9.17) is 15.9 Å². The van der Waals surface area contributed by atoms with Gasteiger partial charge in [-0.1, -0.05) is 0 Å². The van der Waals surface area contributed by atoms with Crippen LogP contribution in [0.5, 0.6) is 0 Å². The number of hydrogen-bond acceptors (Lipinski definition) is 9. The molecule has 0 bridgehead atoms. The van der Waals surface area contributed by atoms with Crippen molar-refractivity contribution in [2.75, 3.05) is 6.61 Å². The molecule has 35 heavy (non-hydrogen) atoms. The van der Waals surface area contributed by atoms with Crippen LogP contribution in [0.15, 0.2) is 25.0 Å². The number of nitrogens with one attached hydrogen (secondary N) is 5. The van der Waals surface area contributed by atoms with Crippen LogP contribution < -0.4 is 21.7 Å². The van der Waals surface area contributed by atoms with Gasteiger partial charge in [0.2, 0.25) is 17.7 Å². The van der Waals surface area contributed by atoms with Crippen LogP contribution in [-0.4, -0.2) is 95.7 Å². The van der Waals surface area contributed by atoms with Gasteiger partial charge in [-0.25, -0.2) is 14.8 Å². The zero-order chi connectivity index (χ0) is 26.0. The van der Waals surface area contributed by atoms with E-state index in [9.17, 15) is 29.1 Å². The predicted octanol–water partition coefficient (Wildman–Crippen LogP) is -3.75. The van der Waals surface area contributed by atoms with E-state index >= 15 is 0 Å². The summed E-state index contributed by atoms with van der Waals surface area (Å²) in [5, 5.41) is 34.1. The van der Waals surface area contributed by atoms with E-state index in [-0.39, 0.29) is 12.8 Å². The molecule has 16 heteroatoms. The zero-order valence-electron chi connectivity index (χ0n) is 18.3. The molecule has 0 saturated heterocycles. The number of carbonyl (C=O) groups is 5. The Morgan fingerprint density at radius 1 is 0.829 bits per heavy atom. The topological polar surface area (TPSA) is 266 Å². The molecule has 0 unspecified atom stereocenters. The molecule has 0 aromatic carbocycles. The lowest BCUT2D eigenvalue weighted by Gasteiger charge is -2.24. The van der Waals surface area contributed by atoms with Crippen molar-refractivity contribution >= 4 is 29.7 Å². The maximum Gasteiger partial charge on any atom is 0.328 e. The SMILES string of the molecule is N[C@@H](CC(=O)O)C(=O)N[C@@H](Cc1c[nH]cn1)C(=O)N[C@@H](Cc1c[nH]cn1)C(=O)N[C@@H](CO)C(=O)O. The van der Waals surface area contributed by atoms with Gasteiger partial charge in [0, 0.05) is 25.2 Å². The smallest absolute Gasteiger partial charge is 0.328 e. The minimum Gasteiger partial charge on any atom is -0.481 e. The Labute approximate surface area is 197 Å². The minimum absolute atomic E-state index is 0.133. The van der Waals surface area contributed by atoms with Gasteiger partial charge in [-0.2, -0.15) is 0 Å².